The predicted octanol–water partition coefficient (Wildman–Crippen LogP) is 3.55. The summed E-state index contributed by atoms with van der Waals surface area (Å²) in [5.74, 6) is 0.365. The van der Waals surface area contributed by atoms with E-state index in [9.17, 15) is 13.2 Å². The molecule has 2 aromatic rings. The molecule has 2 aromatic carbocycles. The monoisotopic (exact) mass is 424 g/mol. The van der Waals surface area contributed by atoms with Crippen LogP contribution in [0.2, 0.25) is 5.02 Å². The number of para-hydroxylation sites is 1. The number of carbonyl (C=O) groups excluding carboxylic acids is 1. The smallest absolute Gasteiger partial charge is 0.246 e. The summed E-state index contributed by atoms with van der Waals surface area (Å²) in [4.78, 5) is 14.7. The summed E-state index contributed by atoms with van der Waals surface area (Å²) >= 11 is 6.04. The van der Waals surface area contributed by atoms with Crippen LogP contribution in [0.3, 0.4) is 0 Å². The molecule has 0 radical (unpaired) electrons. The number of halogens is 1. The number of nitrogens with zero attached hydrogens (tertiary/aromatic N) is 2. The van der Waals surface area contributed by atoms with Crippen LogP contribution in [-0.4, -0.2) is 45.7 Å². The number of amides is 1. The molecule has 2 rings (SSSR count). The topological polar surface area (TPSA) is 66.9 Å². The molecular formula is C20H25ClN2O4S. The standard InChI is InChI=1S/C20H25ClN2O4S/c1-5-18(23(28(4,25)26)17-11-8-10-16(21)13-17)20(24)22(2)14-15-9-6-7-12-19(15)27-3/h6-13,18H,5,14H2,1-4H3/t18-/m1/s1. The number of methoxy groups -OCH3 is 1. The van der Waals surface area contributed by atoms with Gasteiger partial charge in [-0.3, -0.25) is 9.10 Å². The van der Waals surface area contributed by atoms with E-state index in [1.807, 2.05) is 24.3 Å². The summed E-state index contributed by atoms with van der Waals surface area (Å²) in [7, 11) is -0.490. The van der Waals surface area contributed by atoms with E-state index in [-0.39, 0.29) is 5.91 Å². The van der Waals surface area contributed by atoms with Gasteiger partial charge in [-0.2, -0.15) is 0 Å². The highest BCUT2D eigenvalue weighted by atomic mass is 35.5. The van der Waals surface area contributed by atoms with E-state index in [1.165, 1.54) is 4.90 Å². The fourth-order valence-corrected chi connectivity index (χ4v) is 4.46. The lowest BCUT2D eigenvalue weighted by molar-refractivity contribution is -0.131. The average molecular weight is 425 g/mol. The zero-order valence-corrected chi connectivity index (χ0v) is 18.0. The zero-order chi connectivity index (χ0) is 20.9. The van der Waals surface area contributed by atoms with Gasteiger partial charge in [0, 0.05) is 24.2 Å². The first-order chi connectivity index (χ1) is 13.2. The fourth-order valence-electron chi connectivity index (χ4n) is 3.08. The summed E-state index contributed by atoms with van der Waals surface area (Å²) in [5, 5.41) is 0.399. The van der Waals surface area contributed by atoms with Gasteiger partial charge in [0.1, 0.15) is 11.8 Å². The second-order valence-electron chi connectivity index (χ2n) is 6.47. The van der Waals surface area contributed by atoms with Gasteiger partial charge in [-0.05, 0) is 30.7 Å². The predicted molar refractivity (Wildman–Crippen MR) is 112 cm³/mol. The Morgan fingerprint density at radius 3 is 2.43 bits per heavy atom. The summed E-state index contributed by atoms with van der Waals surface area (Å²) in [5.41, 5.74) is 1.20. The van der Waals surface area contributed by atoms with Crippen LogP contribution in [0.15, 0.2) is 48.5 Å². The van der Waals surface area contributed by atoms with Crippen molar-refractivity contribution in [3.8, 4) is 5.75 Å². The normalized spacial score (nSPS) is 12.3. The van der Waals surface area contributed by atoms with Crippen LogP contribution in [0.25, 0.3) is 0 Å². The Labute approximate surface area is 171 Å². The average Bonchev–Trinajstić information content (AvgIpc) is 2.64. The molecule has 152 valence electrons. The Morgan fingerprint density at radius 1 is 1.18 bits per heavy atom. The first-order valence-corrected chi connectivity index (χ1v) is 11.0. The van der Waals surface area contributed by atoms with Crippen LogP contribution < -0.4 is 9.04 Å². The summed E-state index contributed by atoms with van der Waals surface area (Å²) in [6.45, 7) is 2.08. The Kier molecular flexibility index (Phi) is 7.32. The van der Waals surface area contributed by atoms with Gasteiger partial charge >= 0.3 is 0 Å². The Morgan fingerprint density at radius 2 is 1.86 bits per heavy atom. The lowest BCUT2D eigenvalue weighted by Gasteiger charge is -2.33. The maximum absolute atomic E-state index is 13.2. The van der Waals surface area contributed by atoms with Crippen LogP contribution in [0.5, 0.6) is 5.75 Å². The van der Waals surface area contributed by atoms with E-state index in [2.05, 4.69) is 0 Å². The molecule has 0 unspecified atom stereocenters. The fraction of sp³-hybridized carbons (Fsp3) is 0.350. The van der Waals surface area contributed by atoms with E-state index in [4.69, 9.17) is 16.3 Å². The molecule has 0 N–H and O–H groups in total. The molecule has 6 nitrogen and oxygen atoms in total. The minimum Gasteiger partial charge on any atom is -0.496 e. The van der Waals surface area contributed by atoms with Crippen molar-refractivity contribution >= 4 is 33.2 Å². The van der Waals surface area contributed by atoms with Crippen LogP contribution >= 0.6 is 11.6 Å². The van der Waals surface area contributed by atoms with Gasteiger partial charge in [-0.1, -0.05) is 42.8 Å². The molecule has 0 saturated carbocycles. The maximum Gasteiger partial charge on any atom is 0.246 e. The lowest BCUT2D eigenvalue weighted by Crippen LogP contribution is -2.49. The van der Waals surface area contributed by atoms with Crippen molar-refractivity contribution in [3.63, 3.8) is 0 Å². The van der Waals surface area contributed by atoms with Crippen molar-refractivity contribution in [2.75, 3.05) is 24.7 Å². The van der Waals surface area contributed by atoms with Crippen molar-refractivity contribution in [2.45, 2.75) is 25.9 Å². The van der Waals surface area contributed by atoms with Crippen molar-refractivity contribution in [1.29, 1.82) is 0 Å². The van der Waals surface area contributed by atoms with Crippen LogP contribution in [0, 0.1) is 0 Å². The summed E-state index contributed by atoms with van der Waals surface area (Å²) < 4.78 is 31.5. The van der Waals surface area contributed by atoms with Crippen LogP contribution in [0.4, 0.5) is 5.69 Å². The number of rotatable bonds is 8. The molecule has 0 aliphatic rings. The first-order valence-electron chi connectivity index (χ1n) is 8.80. The Balaban J connectivity index is 2.35. The highest BCUT2D eigenvalue weighted by Crippen LogP contribution is 2.27. The van der Waals surface area contributed by atoms with E-state index < -0.39 is 16.1 Å². The Bertz CT molecular complexity index is 933. The summed E-state index contributed by atoms with van der Waals surface area (Å²) in [6.07, 6.45) is 1.40. The highest BCUT2D eigenvalue weighted by Gasteiger charge is 2.33. The van der Waals surface area contributed by atoms with Crippen molar-refractivity contribution in [3.05, 3.63) is 59.1 Å². The molecule has 0 bridgehead atoms. The number of benzene rings is 2. The molecule has 8 heteroatoms. The molecule has 1 amide bonds. The molecule has 0 aromatic heterocycles. The van der Waals surface area contributed by atoms with Gasteiger partial charge in [-0.15, -0.1) is 0 Å². The highest BCUT2D eigenvalue weighted by molar-refractivity contribution is 7.92. The van der Waals surface area contributed by atoms with E-state index in [1.54, 1.807) is 45.3 Å². The van der Waals surface area contributed by atoms with Crippen LogP contribution in [-0.2, 0) is 21.4 Å². The minimum absolute atomic E-state index is 0.298. The number of hydrogen-bond acceptors (Lipinski definition) is 4. The third-order valence-corrected chi connectivity index (χ3v) is 5.77. The van der Waals surface area contributed by atoms with Crippen LogP contribution in [0.1, 0.15) is 18.9 Å². The van der Waals surface area contributed by atoms with Gasteiger partial charge in [0.15, 0.2) is 0 Å². The van der Waals surface area contributed by atoms with E-state index in [0.717, 1.165) is 16.1 Å². The molecule has 0 spiro atoms. The molecular weight excluding hydrogens is 400 g/mol. The molecule has 0 saturated heterocycles. The zero-order valence-electron chi connectivity index (χ0n) is 16.4. The Hall–Kier alpha value is -2.25. The second-order valence-corrected chi connectivity index (χ2v) is 8.76. The number of anilines is 1. The summed E-state index contributed by atoms with van der Waals surface area (Å²) in [6, 6.07) is 13.0. The third-order valence-electron chi connectivity index (χ3n) is 4.35. The van der Waals surface area contributed by atoms with E-state index in [0.29, 0.717) is 29.4 Å². The maximum atomic E-state index is 13.2. The molecule has 1 atom stereocenters. The van der Waals surface area contributed by atoms with Crippen molar-refractivity contribution in [1.82, 2.24) is 4.90 Å². The van der Waals surface area contributed by atoms with Gasteiger partial charge in [-0.25, -0.2) is 8.42 Å². The number of carbonyl (C=O) groups is 1. The number of likely N-dealkylation sites (N-methyl/N-ethyl adjacent to an activating group) is 1. The van der Waals surface area contributed by atoms with E-state index >= 15 is 0 Å². The largest absolute Gasteiger partial charge is 0.496 e. The second kappa shape index (κ2) is 9.30. The SMILES string of the molecule is CC[C@H](C(=O)N(C)Cc1ccccc1OC)N(c1cccc(Cl)c1)S(C)(=O)=O. The number of hydrogen-bond donors (Lipinski definition) is 0. The molecule has 28 heavy (non-hydrogen) atoms. The van der Waals surface area contributed by atoms with Crippen molar-refractivity contribution < 1.29 is 17.9 Å². The van der Waals surface area contributed by atoms with Gasteiger partial charge in [0.05, 0.1) is 19.1 Å². The van der Waals surface area contributed by atoms with Gasteiger partial charge in [0.2, 0.25) is 15.9 Å². The third kappa shape index (κ3) is 5.17. The molecule has 0 fully saturated rings. The number of ether oxygens (including phenoxy) is 1. The minimum atomic E-state index is -3.71. The van der Waals surface area contributed by atoms with Crippen molar-refractivity contribution in [2.24, 2.45) is 0 Å². The molecule has 0 aliphatic carbocycles. The quantitative estimate of drug-likeness (QED) is 0.649. The molecule has 0 heterocycles. The lowest BCUT2D eigenvalue weighted by atomic mass is 10.1. The molecule has 0 aliphatic heterocycles. The number of sulfonamides is 1. The van der Waals surface area contributed by atoms with Gasteiger partial charge < -0.3 is 9.64 Å². The first kappa shape index (κ1) is 22.0. The van der Waals surface area contributed by atoms with Gasteiger partial charge in [0.25, 0.3) is 0 Å².